The van der Waals surface area contributed by atoms with Crippen molar-refractivity contribution < 1.29 is 4.79 Å². The number of ketones is 1. The van der Waals surface area contributed by atoms with E-state index in [1.54, 1.807) is 0 Å². The van der Waals surface area contributed by atoms with Gasteiger partial charge < -0.3 is 5.32 Å². The fourth-order valence-electron chi connectivity index (χ4n) is 8.78. The molecule has 0 aromatic rings. The number of nitrogens with one attached hydrogen (secondary N) is 1. The third kappa shape index (κ3) is 2.65. The molecule has 0 spiro atoms. The molecule has 4 aliphatic carbocycles. The van der Waals surface area contributed by atoms with Crippen molar-refractivity contribution in [2.75, 3.05) is 13.1 Å². The molecular weight excluding hydrogens is 330 g/mol. The van der Waals surface area contributed by atoms with Gasteiger partial charge in [-0.05, 0) is 97.8 Å². The van der Waals surface area contributed by atoms with E-state index in [0.29, 0.717) is 22.5 Å². The van der Waals surface area contributed by atoms with E-state index in [1.165, 1.54) is 58.0 Å². The van der Waals surface area contributed by atoms with E-state index in [4.69, 9.17) is 0 Å². The molecule has 1 saturated heterocycles. The highest BCUT2D eigenvalue weighted by atomic mass is 16.1. The number of fused-ring (bicyclic) bond motifs is 5. The number of piperidine rings is 1. The summed E-state index contributed by atoms with van der Waals surface area (Å²) in [6, 6.07) is 0. The van der Waals surface area contributed by atoms with Crippen LogP contribution in [0.3, 0.4) is 0 Å². The molecule has 0 aromatic heterocycles. The Kier molecular flexibility index (Phi) is 4.39. The van der Waals surface area contributed by atoms with Crippen molar-refractivity contribution in [1.29, 1.82) is 0 Å². The first-order valence-electron chi connectivity index (χ1n) is 11.9. The maximum Gasteiger partial charge on any atom is 0.133 e. The van der Waals surface area contributed by atoms with Crippen molar-refractivity contribution in [3.05, 3.63) is 11.6 Å². The van der Waals surface area contributed by atoms with E-state index < -0.39 is 0 Å². The molecule has 27 heavy (non-hydrogen) atoms. The summed E-state index contributed by atoms with van der Waals surface area (Å²) < 4.78 is 0. The molecule has 0 bridgehead atoms. The van der Waals surface area contributed by atoms with E-state index in [9.17, 15) is 4.79 Å². The fraction of sp³-hybridized carbons (Fsp3) is 0.880. The Morgan fingerprint density at radius 1 is 1.15 bits per heavy atom. The first kappa shape index (κ1) is 18.4. The summed E-state index contributed by atoms with van der Waals surface area (Å²) in [4.78, 5) is 12.2. The molecule has 2 heteroatoms. The molecule has 1 aliphatic heterocycles. The van der Waals surface area contributed by atoms with Gasteiger partial charge in [-0.2, -0.15) is 0 Å². The number of allylic oxidation sites excluding steroid dienone is 1. The molecule has 150 valence electrons. The zero-order valence-electron chi connectivity index (χ0n) is 17.7. The summed E-state index contributed by atoms with van der Waals surface area (Å²) in [5.41, 5.74) is 2.71. The number of hydrogen-bond acceptors (Lipinski definition) is 2. The summed E-state index contributed by atoms with van der Waals surface area (Å²) in [6.07, 6.45) is 13.8. The molecule has 2 nitrogen and oxygen atoms in total. The molecular formula is C25H39NO. The Morgan fingerprint density at radius 3 is 2.78 bits per heavy atom. The molecule has 8 atom stereocenters. The summed E-state index contributed by atoms with van der Waals surface area (Å²) in [7, 11) is 0. The van der Waals surface area contributed by atoms with Crippen LogP contribution in [0, 0.1) is 46.3 Å². The minimum atomic E-state index is 0.432. The van der Waals surface area contributed by atoms with Gasteiger partial charge in [0.15, 0.2) is 0 Å². The largest absolute Gasteiger partial charge is 0.316 e. The molecule has 1 N–H and O–H groups in total. The van der Waals surface area contributed by atoms with E-state index in [1.807, 2.05) is 5.57 Å². The van der Waals surface area contributed by atoms with Gasteiger partial charge in [0, 0.05) is 19.4 Å². The Balaban J connectivity index is 1.43. The number of Topliss-reactive ketones (excluding diaryl/α,β-unsaturated/α-hetero) is 1. The van der Waals surface area contributed by atoms with Gasteiger partial charge in [-0.3, -0.25) is 4.79 Å². The zero-order chi connectivity index (χ0) is 18.8. The Bertz CT molecular complexity index is 647. The fourth-order valence-corrected chi connectivity index (χ4v) is 8.78. The van der Waals surface area contributed by atoms with E-state index in [0.717, 1.165) is 42.4 Å². The number of carbonyl (C=O) groups is 1. The maximum atomic E-state index is 12.2. The normalized spacial score (nSPS) is 52.6. The van der Waals surface area contributed by atoms with Gasteiger partial charge >= 0.3 is 0 Å². The molecule has 5 rings (SSSR count). The van der Waals surface area contributed by atoms with Crippen molar-refractivity contribution in [3.8, 4) is 0 Å². The molecule has 0 amide bonds. The lowest BCUT2D eigenvalue weighted by Gasteiger charge is -2.62. The summed E-state index contributed by atoms with van der Waals surface area (Å²) in [5.74, 6) is 5.38. The smallest absolute Gasteiger partial charge is 0.133 e. The van der Waals surface area contributed by atoms with Crippen LogP contribution in [0.4, 0.5) is 0 Å². The molecule has 1 heterocycles. The highest BCUT2D eigenvalue weighted by Gasteiger charge is 2.60. The van der Waals surface area contributed by atoms with Crippen LogP contribution in [0.5, 0.6) is 0 Å². The molecule has 0 aromatic carbocycles. The lowest BCUT2D eigenvalue weighted by molar-refractivity contribution is -0.145. The summed E-state index contributed by atoms with van der Waals surface area (Å²) in [6.45, 7) is 10.2. The third-order valence-corrected chi connectivity index (χ3v) is 10.2. The molecule has 5 aliphatic rings. The Labute approximate surface area is 165 Å². The monoisotopic (exact) mass is 369 g/mol. The minimum absolute atomic E-state index is 0.432. The quantitative estimate of drug-likeness (QED) is 0.629. The second kappa shape index (κ2) is 6.44. The number of rotatable bonds is 1. The second-order valence-corrected chi connectivity index (χ2v) is 11.3. The highest BCUT2D eigenvalue weighted by Crippen LogP contribution is 2.68. The van der Waals surface area contributed by atoms with Crippen molar-refractivity contribution in [2.24, 2.45) is 46.3 Å². The molecule has 0 radical (unpaired) electrons. The topological polar surface area (TPSA) is 29.1 Å². The predicted octanol–water partition coefficient (Wildman–Crippen LogP) is 5.38. The van der Waals surface area contributed by atoms with E-state index in [-0.39, 0.29) is 0 Å². The van der Waals surface area contributed by atoms with Gasteiger partial charge in [-0.25, -0.2) is 0 Å². The van der Waals surface area contributed by atoms with Crippen LogP contribution < -0.4 is 5.32 Å². The highest BCUT2D eigenvalue weighted by molar-refractivity contribution is 5.79. The van der Waals surface area contributed by atoms with Crippen molar-refractivity contribution in [2.45, 2.75) is 78.6 Å². The van der Waals surface area contributed by atoms with Gasteiger partial charge in [0.25, 0.3) is 0 Å². The van der Waals surface area contributed by atoms with Gasteiger partial charge in [0.2, 0.25) is 0 Å². The van der Waals surface area contributed by atoms with E-state index in [2.05, 4.69) is 32.2 Å². The third-order valence-electron chi connectivity index (χ3n) is 10.2. The minimum Gasteiger partial charge on any atom is -0.316 e. The van der Waals surface area contributed by atoms with Crippen LogP contribution in [0.1, 0.15) is 78.6 Å². The first-order valence-corrected chi connectivity index (χ1v) is 11.9. The lowest BCUT2D eigenvalue weighted by atomic mass is 9.42. The van der Waals surface area contributed by atoms with Crippen LogP contribution >= 0.6 is 0 Å². The molecule has 4 fully saturated rings. The maximum absolute atomic E-state index is 12.2. The van der Waals surface area contributed by atoms with Gasteiger partial charge in [-0.15, -0.1) is 0 Å². The van der Waals surface area contributed by atoms with Crippen LogP contribution in [0.25, 0.3) is 0 Å². The van der Waals surface area contributed by atoms with E-state index >= 15 is 0 Å². The predicted molar refractivity (Wildman–Crippen MR) is 110 cm³/mol. The lowest BCUT2D eigenvalue weighted by Crippen LogP contribution is -2.56. The Hall–Kier alpha value is -0.630. The van der Waals surface area contributed by atoms with Crippen molar-refractivity contribution in [3.63, 3.8) is 0 Å². The second-order valence-electron chi connectivity index (χ2n) is 11.3. The van der Waals surface area contributed by atoms with Gasteiger partial charge in [0.05, 0.1) is 0 Å². The average molecular weight is 370 g/mol. The summed E-state index contributed by atoms with van der Waals surface area (Å²) >= 11 is 0. The van der Waals surface area contributed by atoms with Crippen LogP contribution in [0.2, 0.25) is 0 Å². The van der Waals surface area contributed by atoms with Crippen molar-refractivity contribution >= 4 is 5.78 Å². The number of hydrogen-bond donors (Lipinski definition) is 1. The average Bonchev–Trinajstić information content (AvgIpc) is 3.01. The first-order chi connectivity index (χ1) is 12.9. The van der Waals surface area contributed by atoms with Crippen LogP contribution in [-0.4, -0.2) is 18.9 Å². The van der Waals surface area contributed by atoms with Crippen molar-refractivity contribution in [1.82, 2.24) is 5.32 Å². The van der Waals surface area contributed by atoms with Crippen LogP contribution in [-0.2, 0) is 4.79 Å². The molecule has 3 unspecified atom stereocenters. The van der Waals surface area contributed by atoms with Gasteiger partial charge in [0.1, 0.15) is 5.78 Å². The molecule has 3 saturated carbocycles. The zero-order valence-corrected chi connectivity index (χ0v) is 17.7. The van der Waals surface area contributed by atoms with Gasteiger partial charge in [-0.1, -0.05) is 32.4 Å². The van der Waals surface area contributed by atoms with Crippen LogP contribution in [0.15, 0.2) is 11.6 Å². The standard InChI is InChI=1S/C25H39NO/c1-16-13-18-14-19(27)8-10-24(18,2)22-9-11-25(3)20(6-7-21(25)23(16)22)17-5-4-12-26-15-17/h6,16-18,21-23,26H,4-5,7-15H2,1-3H3/t16?,17?,18?,21-,22+,23-,24-,25+/m0/s1. The summed E-state index contributed by atoms with van der Waals surface area (Å²) in [5, 5.41) is 3.66. The number of carbonyl (C=O) groups excluding carboxylic acids is 1. The Morgan fingerprint density at radius 2 is 2.00 bits per heavy atom. The SMILES string of the molecule is CC1CC2CC(=O)CC[C@]2(C)[C@@H]2CC[C@]3(C)C(C4CCCNC4)=CC[C@H]3[C@H]12.